The third-order valence-electron chi connectivity index (χ3n) is 4.19. The number of aromatic hydroxyl groups is 1. The number of nitrogens with zero attached hydrogens (tertiary/aromatic N) is 1. The lowest BCUT2D eigenvalue weighted by Crippen LogP contribution is -2.31. The third kappa shape index (κ3) is 4.58. The number of rotatable bonds is 8. The van der Waals surface area contributed by atoms with E-state index in [4.69, 9.17) is 4.74 Å². The molecule has 2 rings (SSSR count). The molecule has 0 bridgehead atoms. The molecule has 2 N–H and O–H groups in total. The molecule has 0 saturated heterocycles. The van der Waals surface area contributed by atoms with Gasteiger partial charge in [0.15, 0.2) is 0 Å². The van der Waals surface area contributed by atoms with Crippen LogP contribution in [0.4, 0.5) is 0 Å². The number of ether oxygens (including phenoxy) is 1. The molecule has 0 unspecified atom stereocenters. The zero-order chi connectivity index (χ0) is 20.0. The molecule has 0 saturated carbocycles. The highest BCUT2D eigenvalue weighted by Crippen LogP contribution is 2.25. The molecule has 0 aliphatic heterocycles. The monoisotopic (exact) mass is 392 g/mol. The second-order valence-electron chi connectivity index (χ2n) is 5.76. The van der Waals surface area contributed by atoms with Crippen molar-refractivity contribution >= 4 is 15.9 Å². The van der Waals surface area contributed by atoms with Gasteiger partial charge in [-0.25, -0.2) is 8.42 Å². The van der Waals surface area contributed by atoms with Crippen LogP contribution in [0.25, 0.3) is 0 Å². The fourth-order valence-corrected chi connectivity index (χ4v) is 4.15. The molecule has 0 heterocycles. The summed E-state index contributed by atoms with van der Waals surface area (Å²) < 4.78 is 31.9. The molecule has 1 amide bonds. The van der Waals surface area contributed by atoms with E-state index in [-0.39, 0.29) is 28.5 Å². The fourth-order valence-electron chi connectivity index (χ4n) is 2.67. The number of hydrogen-bond acceptors (Lipinski definition) is 5. The van der Waals surface area contributed by atoms with E-state index in [9.17, 15) is 18.3 Å². The van der Waals surface area contributed by atoms with Gasteiger partial charge in [-0.15, -0.1) is 0 Å². The zero-order valence-corrected chi connectivity index (χ0v) is 16.4. The van der Waals surface area contributed by atoms with Crippen molar-refractivity contribution in [2.75, 3.05) is 20.2 Å². The van der Waals surface area contributed by atoms with E-state index in [1.807, 2.05) is 0 Å². The summed E-state index contributed by atoms with van der Waals surface area (Å²) in [7, 11) is -2.29. The molecule has 8 heteroatoms. The molecule has 0 aliphatic rings. The lowest BCUT2D eigenvalue weighted by atomic mass is 10.1. The molecule has 2 aromatic rings. The van der Waals surface area contributed by atoms with Gasteiger partial charge in [0.1, 0.15) is 11.5 Å². The number of amides is 1. The first kappa shape index (κ1) is 20.7. The minimum Gasteiger partial charge on any atom is -0.508 e. The molecule has 0 spiro atoms. The van der Waals surface area contributed by atoms with Gasteiger partial charge >= 0.3 is 0 Å². The molecule has 27 heavy (non-hydrogen) atoms. The normalized spacial score (nSPS) is 11.4. The molecule has 0 aromatic heterocycles. The number of carbonyl (C=O) groups is 1. The Hall–Kier alpha value is -2.58. The van der Waals surface area contributed by atoms with Crippen molar-refractivity contribution < 1.29 is 23.1 Å². The van der Waals surface area contributed by atoms with Gasteiger partial charge in [0, 0.05) is 25.2 Å². The lowest BCUT2D eigenvalue weighted by Gasteiger charge is -2.19. The SMILES string of the molecule is CCN(CC)S(=O)(=O)c1ccc(OC)c(C(=O)NCc2ccccc2O)c1. The van der Waals surface area contributed by atoms with E-state index in [1.54, 1.807) is 32.0 Å². The lowest BCUT2D eigenvalue weighted by molar-refractivity contribution is 0.0947. The van der Waals surface area contributed by atoms with Gasteiger partial charge in [0.2, 0.25) is 10.0 Å². The molecule has 0 atom stereocenters. The van der Waals surface area contributed by atoms with Crippen LogP contribution in [0.15, 0.2) is 47.4 Å². The Labute approximate surface area is 159 Å². The van der Waals surface area contributed by atoms with E-state index in [1.165, 1.54) is 35.7 Å². The molecule has 146 valence electrons. The maximum atomic E-state index is 12.7. The maximum absolute atomic E-state index is 12.7. The van der Waals surface area contributed by atoms with Crippen LogP contribution in [0.5, 0.6) is 11.5 Å². The van der Waals surface area contributed by atoms with Crippen LogP contribution in [0.2, 0.25) is 0 Å². The van der Waals surface area contributed by atoms with Crippen molar-refractivity contribution in [1.82, 2.24) is 9.62 Å². The van der Waals surface area contributed by atoms with Gasteiger partial charge in [0.05, 0.1) is 17.6 Å². The molecule has 0 fully saturated rings. The summed E-state index contributed by atoms with van der Waals surface area (Å²) in [4.78, 5) is 12.6. The second kappa shape index (κ2) is 8.88. The van der Waals surface area contributed by atoms with Gasteiger partial charge < -0.3 is 15.2 Å². The van der Waals surface area contributed by atoms with E-state index < -0.39 is 15.9 Å². The van der Waals surface area contributed by atoms with Gasteiger partial charge in [0.25, 0.3) is 5.91 Å². The summed E-state index contributed by atoms with van der Waals surface area (Å²) in [6, 6.07) is 10.8. The Morgan fingerprint density at radius 2 is 1.81 bits per heavy atom. The minimum absolute atomic E-state index is 0.0275. The van der Waals surface area contributed by atoms with Crippen molar-refractivity contribution in [2.45, 2.75) is 25.3 Å². The molecule has 2 aromatic carbocycles. The highest BCUT2D eigenvalue weighted by atomic mass is 32.2. The number of nitrogens with one attached hydrogen (secondary N) is 1. The molecular weight excluding hydrogens is 368 g/mol. The molecular formula is C19H24N2O5S. The Kier molecular flexibility index (Phi) is 6.81. The first-order valence-corrected chi connectivity index (χ1v) is 10.0. The zero-order valence-electron chi connectivity index (χ0n) is 15.6. The van der Waals surface area contributed by atoms with Gasteiger partial charge in [-0.3, -0.25) is 4.79 Å². The molecule has 7 nitrogen and oxygen atoms in total. The summed E-state index contributed by atoms with van der Waals surface area (Å²) in [5, 5.41) is 12.5. The molecule has 0 radical (unpaired) electrons. The number of carbonyl (C=O) groups excluding carboxylic acids is 1. The Morgan fingerprint density at radius 1 is 1.15 bits per heavy atom. The largest absolute Gasteiger partial charge is 0.508 e. The first-order valence-electron chi connectivity index (χ1n) is 8.58. The standard InChI is InChI=1S/C19H24N2O5S/c1-4-21(5-2)27(24,25)15-10-11-18(26-3)16(12-15)19(23)20-13-14-8-6-7-9-17(14)22/h6-12,22H,4-5,13H2,1-3H3,(H,20,23). The number of methoxy groups -OCH3 is 1. The summed E-state index contributed by atoms with van der Waals surface area (Å²) in [6.07, 6.45) is 0. The topological polar surface area (TPSA) is 95.9 Å². The van der Waals surface area contributed by atoms with Gasteiger partial charge in [-0.2, -0.15) is 4.31 Å². The van der Waals surface area contributed by atoms with Crippen LogP contribution >= 0.6 is 0 Å². The highest BCUT2D eigenvalue weighted by molar-refractivity contribution is 7.89. The summed E-state index contributed by atoms with van der Waals surface area (Å²) in [5.74, 6) is -0.155. The minimum atomic E-state index is -3.70. The van der Waals surface area contributed by atoms with Crippen LogP contribution < -0.4 is 10.1 Å². The van der Waals surface area contributed by atoms with E-state index in [2.05, 4.69) is 5.32 Å². The van der Waals surface area contributed by atoms with E-state index in [0.717, 1.165) is 0 Å². The van der Waals surface area contributed by atoms with E-state index in [0.29, 0.717) is 18.7 Å². The number of benzene rings is 2. The Morgan fingerprint density at radius 3 is 2.41 bits per heavy atom. The van der Waals surface area contributed by atoms with Gasteiger partial charge in [-0.05, 0) is 24.3 Å². The van der Waals surface area contributed by atoms with Gasteiger partial charge in [-0.1, -0.05) is 32.0 Å². The predicted octanol–water partition coefficient (Wildman–Crippen LogP) is 2.36. The van der Waals surface area contributed by atoms with Crippen molar-refractivity contribution in [3.8, 4) is 11.5 Å². The third-order valence-corrected chi connectivity index (χ3v) is 6.24. The predicted molar refractivity (Wildman–Crippen MR) is 102 cm³/mol. The van der Waals surface area contributed by atoms with Crippen LogP contribution in [0, 0.1) is 0 Å². The fraction of sp³-hybridized carbons (Fsp3) is 0.316. The highest BCUT2D eigenvalue weighted by Gasteiger charge is 2.24. The van der Waals surface area contributed by atoms with E-state index >= 15 is 0 Å². The smallest absolute Gasteiger partial charge is 0.255 e. The number of sulfonamides is 1. The Bertz CT molecular complexity index is 908. The van der Waals surface area contributed by atoms with Crippen molar-refractivity contribution in [2.24, 2.45) is 0 Å². The summed E-state index contributed by atoms with van der Waals surface area (Å²) >= 11 is 0. The number of para-hydroxylation sites is 1. The quantitative estimate of drug-likeness (QED) is 0.719. The van der Waals surface area contributed by atoms with Crippen LogP contribution in [-0.4, -0.2) is 43.9 Å². The second-order valence-corrected chi connectivity index (χ2v) is 7.70. The van der Waals surface area contributed by atoms with Crippen LogP contribution in [-0.2, 0) is 16.6 Å². The van der Waals surface area contributed by atoms with Crippen LogP contribution in [0.3, 0.4) is 0 Å². The summed E-state index contributed by atoms with van der Waals surface area (Å²) in [6.45, 7) is 4.27. The average Bonchev–Trinajstić information content (AvgIpc) is 2.67. The van der Waals surface area contributed by atoms with Crippen molar-refractivity contribution in [3.63, 3.8) is 0 Å². The molecule has 0 aliphatic carbocycles. The number of hydrogen-bond donors (Lipinski definition) is 2. The Balaban J connectivity index is 2.32. The maximum Gasteiger partial charge on any atom is 0.255 e. The number of phenolic OH excluding ortho intramolecular Hbond substituents is 1. The van der Waals surface area contributed by atoms with Crippen LogP contribution in [0.1, 0.15) is 29.8 Å². The average molecular weight is 392 g/mol. The number of phenols is 1. The van der Waals surface area contributed by atoms with Crippen molar-refractivity contribution in [3.05, 3.63) is 53.6 Å². The first-order chi connectivity index (χ1) is 12.8. The van der Waals surface area contributed by atoms with Crippen molar-refractivity contribution in [1.29, 1.82) is 0 Å². The summed E-state index contributed by atoms with van der Waals surface area (Å²) in [5.41, 5.74) is 0.665.